The van der Waals surface area contributed by atoms with E-state index in [1.54, 1.807) is 13.0 Å². The van der Waals surface area contributed by atoms with E-state index in [1.165, 1.54) is 24.3 Å². The van der Waals surface area contributed by atoms with Crippen LogP contribution in [0.3, 0.4) is 0 Å². The van der Waals surface area contributed by atoms with Gasteiger partial charge in [-0.1, -0.05) is 0 Å². The minimum atomic E-state index is -0.626. The number of benzene rings is 2. The van der Waals surface area contributed by atoms with Crippen LogP contribution in [0.5, 0.6) is 5.75 Å². The number of aromatic hydroxyl groups is 1. The minimum absolute atomic E-state index is 0.0118. The van der Waals surface area contributed by atoms with E-state index in [2.05, 4.69) is 10.6 Å². The Hall–Kier alpha value is -3.95. The topological polar surface area (TPSA) is 142 Å². The molecule has 0 saturated heterocycles. The van der Waals surface area contributed by atoms with Gasteiger partial charge in [-0.25, -0.2) is 4.79 Å². The van der Waals surface area contributed by atoms with E-state index < -0.39 is 22.8 Å². The van der Waals surface area contributed by atoms with Crippen molar-refractivity contribution in [3.63, 3.8) is 0 Å². The van der Waals surface area contributed by atoms with E-state index in [0.717, 1.165) is 11.0 Å². The molecule has 2 aromatic rings. The summed E-state index contributed by atoms with van der Waals surface area (Å²) in [4.78, 5) is 47.9. The maximum Gasteiger partial charge on any atom is 0.319 e. The molecule has 0 aliphatic carbocycles. The molecule has 150 valence electrons. The van der Waals surface area contributed by atoms with Crippen molar-refractivity contribution in [2.24, 2.45) is 0 Å². The summed E-state index contributed by atoms with van der Waals surface area (Å²) in [6.45, 7) is 2.01. The lowest BCUT2D eigenvalue weighted by molar-refractivity contribution is -0.384. The number of fused-ring (bicyclic) bond motifs is 1. The van der Waals surface area contributed by atoms with Gasteiger partial charge in [-0.2, -0.15) is 0 Å². The van der Waals surface area contributed by atoms with Crippen LogP contribution in [-0.4, -0.2) is 45.9 Å². The fourth-order valence-electron chi connectivity index (χ4n) is 2.99. The second-order valence-electron chi connectivity index (χ2n) is 6.48. The molecule has 4 amide bonds. The van der Waals surface area contributed by atoms with Gasteiger partial charge in [0, 0.05) is 30.9 Å². The number of imide groups is 1. The van der Waals surface area contributed by atoms with Crippen molar-refractivity contribution < 1.29 is 24.4 Å². The monoisotopic (exact) mass is 398 g/mol. The van der Waals surface area contributed by atoms with Gasteiger partial charge in [0.05, 0.1) is 16.1 Å². The summed E-state index contributed by atoms with van der Waals surface area (Å²) in [5.41, 5.74) is 1.13. The molecule has 0 radical (unpaired) electrons. The maximum absolute atomic E-state index is 12.4. The number of nitro groups is 1. The van der Waals surface area contributed by atoms with Crippen molar-refractivity contribution in [1.29, 1.82) is 0 Å². The van der Waals surface area contributed by atoms with Gasteiger partial charge in [-0.05, 0) is 43.2 Å². The molecule has 0 spiro atoms. The molecule has 1 heterocycles. The molecule has 3 rings (SSSR count). The molecule has 10 nitrogen and oxygen atoms in total. The number of aryl methyl sites for hydroxylation is 1. The van der Waals surface area contributed by atoms with Crippen LogP contribution >= 0.6 is 0 Å². The zero-order valence-electron chi connectivity index (χ0n) is 15.5. The summed E-state index contributed by atoms with van der Waals surface area (Å²) in [7, 11) is 0. The number of urea groups is 1. The molecule has 2 aromatic carbocycles. The number of carbonyl (C=O) groups excluding carboxylic acids is 3. The number of phenols is 1. The lowest BCUT2D eigenvalue weighted by Crippen LogP contribution is -2.35. The van der Waals surface area contributed by atoms with Crippen molar-refractivity contribution in [1.82, 2.24) is 10.2 Å². The highest BCUT2D eigenvalue weighted by molar-refractivity contribution is 6.21. The third kappa shape index (κ3) is 4.15. The third-order valence-electron chi connectivity index (χ3n) is 4.47. The molecule has 0 atom stereocenters. The van der Waals surface area contributed by atoms with Crippen molar-refractivity contribution in [2.45, 2.75) is 13.3 Å². The molecule has 29 heavy (non-hydrogen) atoms. The summed E-state index contributed by atoms with van der Waals surface area (Å²) in [5, 5.41) is 25.5. The predicted octanol–water partition coefficient (Wildman–Crippen LogP) is 2.42. The van der Waals surface area contributed by atoms with Gasteiger partial charge in [0.25, 0.3) is 17.5 Å². The summed E-state index contributed by atoms with van der Waals surface area (Å²) >= 11 is 0. The number of hydrogen-bond acceptors (Lipinski definition) is 6. The van der Waals surface area contributed by atoms with Gasteiger partial charge in [-0.15, -0.1) is 0 Å². The molecule has 0 bridgehead atoms. The van der Waals surface area contributed by atoms with Gasteiger partial charge in [0.15, 0.2) is 0 Å². The number of amides is 4. The maximum atomic E-state index is 12.4. The first kappa shape index (κ1) is 19.8. The average Bonchev–Trinajstić information content (AvgIpc) is 2.91. The molecular weight excluding hydrogens is 380 g/mol. The number of non-ortho nitro benzene ring substituents is 1. The Morgan fingerprint density at radius 1 is 1.14 bits per heavy atom. The smallest absolute Gasteiger partial charge is 0.319 e. The number of rotatable bonds is 6. The number of nitro benzene ring substituents is 1. The lowest BCUT2D eigenvalue weighted by Gasteiger charge is -2.14. The SMILES string of the molecule is Cc1cc(O)ccc1NC(=O)NCCCN1C(=O)c2ccc([N+](=O)[O-])cc2C1=O. The molecule has 10 heteroatoms. The quantitative estimate of drug-likeness (QED) is 0.224. The van der Waals surface area contributed by atoms with Crippen molar-refractivity contribution in [2.75, 3.05) is 18.4 Å². The van der Waals surface area contributed by atoms with Gasteiger partial charge < -0.3 is 15.7 Å². The van der Waals surface area contributed by atoms with E-state index in [0.29, 0.717) is 17.7 Å². The normalized spacial score (nSPS) is 12.7. The number of nitrogens with zero attached hydrogens (tertiary/aromatic N) is 2. The lowest BCUT2D eigenvalue weighted by atomic mass is 10.1. The van der Waals surface area contributed by atoms with Crippen LogP contribution in [0.15, 0.2) is 36.4 Å². The first-order valence-electron chi connectivity index (χ1n) is 8.77. The van der Waals surface area contributed by atoms with Gasteiger partial charge in [-0.3, -0.25) is 24.6 Å². The van der Waals surface area contributed by atoms with Crippen LogP contribution in [-0.2, 0) is 0 Å². The molecular formula is C19H18N4O6. The summed E-state index contributed by atoms with van der Waals surface area (Å²) < 4.78 is 0. The number of carbonyl (C=O) groups is 3. The summed E-state index contributed by atoms with van der Waals surface area (Å²) in [6, 6.07) is 7.64. The number of anilines is 1. The van der Waals surface area contributed by atoms with E-state index in [1.807, 2.05) is 0 Å². The largest absolute Gasteiger partial charge is 0.508 e. The van der Waals surface area contributed by atoms with E-state index in [9.17, 15) is 29.6 Å². The van der Waals surface area contributed by atoms with E-state index in [-0.39, 0.29) is 35.7 Å². The Bertz CT molecular complexity index is 1020. The number of phenolic OH excluding ortho intramolecular Hbond substituents is 1. The molecule has 0 aromatic heterocycles. The van der Waals surface area contributed by atoms with E-state index >= 15 is 0 Å². The van der Waals surface area contributed by atoms with E-state index in [4.69, 9.17) is 0 Å². The highest BCUT2D eigenvalue weighted by atomic mass is 16.6. The fourth-order valence-corrected chi connectivity index (χ4v) is 2.99. The van der Waals surface area contributed by atoms with Gasteiger partial charge >= 0.3 is 6.03 Å². The van der Waals surface area contributed by atoms with Crippen LogP contribution in [0, 0.1) is 17.0 Å². The molecule has 3 N–H and O–H groups in total. The first-order chi connectivity index (χ1) is 13.8. The van der Waals surface area contributed by atoms with Crippen LogP contribution in [0.25, 0.3) is 0 Å². The second kappa shape index (κ2) is 7.97. The molecule has 0 unspecified atom stereocenters. The Labute approximate surface area is 165 Å². The molecule has 0 fully saturated rings. The Morgan fingerprint density at radius 2 is 1.86 bits per heavy atom. The number of hydrogen-bond donors (Lipinski definition) is 3. The number of nitrogens with one attached hydrogen (secondary N) is 2. The van der Waals surface area contributed by atoms with Gasteiger partial charge in [0.1, 0.15) is 5.75 Å². The van der Waals surface area contributed by atoms with Crippen LogP contribution in [0.2, 0.25) is 0 Å². The molecule has 1 aliphatic rings. The van der Waals surface area contributed by atoms with Crippen molar-refractivity contribution >= 4 is 29.2 Å². The standard InChI is InChI=1S/C19H18N4O6/c1-11-9-13(24)4-6-16(11)21-19(27)20-7-2-8-22-17(25)14-5-3-12(23(28)29)10-15(14)18(22)26/h3-6,9-10,24H,2,7-8H2,1H3,(H2,20,21,27). The third-order valence-corrected chi connectivity index (χ3v) is 4.47. The fraction of sp³-hybridized carbons (Fsp3) is 0.211. The summed E-state index contributed by atoms with van der Waals surface area (Å²) in [5.74, 6) is -0.998. The predicted molar refractivity (Wildman–Crippen MR) is 103 cm³/mol. The van der Waals surface area contributed by atoms with Crippen molar-refractivity contribution in [3.05, 3.63) is 63.2 Å². The zero-order valence-corrected chi connectivity index (χ0v) is 15.5. The molecule has 0 saturated carbocycles. The van der Waals surface area contributed by atoms with Crippen LogP contribution in [0.4, 0.5) is 16.2 Å². The molecule has 1 aliphatic heterocycles. The zero-order chi connectivity index (χ0) is 21.1. The minimum Gasteiger partial charge on any atom is -0.508 e. The van der Waals surface area contributed by atoms with Crippen LogP contribution < -0.4 is 10.6 Å². The Morgan fingerprint density at radius 3 is 2.55 bits per heavy atom. The van der Waals surface area contributed by atoms with Gasteiger partial charge in [0.2, 0.25) is 0 Å². The highest BCUT2D eigenvalue weighted by Crippen LogP contribution is 2.26. The second-order valence-corrected chi connectivity index (χ2v) is 6.48. The highest BCUT2D eigenvalue weighted by Gasteiger charge is 2.36. The average molecular weight is 398 g/mol. The van der Waals surface area contributed by atoms with Crippen molar-refractivity contribution in [3.8, 4) is 5.75 Å². The Balaban J connectivity index is 1.51. The first-order valence-corrected chi connectivity index (χ1v) is 8.77. The van der Waals surface area contributed by atoms with Crippen LogP contribution in [0.1, 0.15) is 32.7 Å². The Kier molecular flexibility index (Phi) is 5.44. The summed E-state index contributed by atoms with van der Waals surface area (Å²) in [6.07, 6.45) is 0.315.